The second-order valence-corrected chi connectivity index (χ2v) is 5.10. The van der Waals surface area contributed by atoms with Crippen molar-refractivity contribution >= 4 is 17.2 Å². The first-order valence-corrected chi connectivity index (χ1v) is 6.46. The van der Waals surface area contributed by atoms with Crippen LogP contribution in [0.4, 0.5) is 0 Å². The Bertz CT molecular complexity index is 377. The van der Waals surface area contributed by atoms with Crippen molar-refractivity contribution in [3.8, 4) is 0 Å². The zero-order chi connectivity index (χ0) is 11.5. The van der Waals surface area contributed by atoms with Crippen molar-refractivity contribution in [1.29, 1.82) is 0 Å². The summed E-state index contributed by atoms with van der Waals surface area (Å²) in [5, 5.41) is 4.37. The summed E-state index contributed by atoms with van der Waals surface area (Å²) in [6.07, 6.45) is 2.94. The number of thiazole rings is 1. The number of rotatable bonds is 2. The van der Waals surface area contributed by atoms with Gasteiger partial charge in [-0.25, -0.2) is 4.98 Å². The molecule has 0 aromatic carbocycles. The van der Waals surface area contributed by atoms with Gasteiger partial charge in [-0.2, -0.15) is 0 Å². The van der Waals surface area contributed by atoms with E-state index in [-0.39, 0.29) is 11.9 Å². The molecule has 2 rings (SSSR count). The fourth-order valence-corrected chi connectivity index (χ4v) is 2.91. The lowest BCUT2D eigenvalue weighted by Crippen LogP contribution is -2.47. The molecular formula is C11H17N3OS. The Kier molecular flexibility index (Phi) is 3.56. The van der Waals surface area contributed by atoms with Gasteiger partial charge in [-0.05, 0) is 6.42 Å². The number of aryl methyl sites for hydroxylation is 1. The maximum Gasteiger partial charge on any atom is 0.220 e. The molecule has 0 aliphatic carbocycles. The van der Waals surface area contributed by atoms with Crippen molar-refractivity contribution < 1.29 is 4.79 Å². The second-order valence-electron chi connectivity index (χ2n) is 3.95. The van der Waals surface area contributed by atoms with Crippen molar-refractivity contribution in [3.63, 3.8) is 0 Å². The molecule has 1 amide bonds. The normalized spacial score (nSPS) is 21.1. The number of carbonyl (C=O) groups is 1. The lowest BCUT2D eigenvalue weighted by Gasteiger charge is -2.34. The fraction of sp³-hybridized carbons (Fsp3) is 0.636. The quantitative estimate of drug-likeness (QED) is 0.843. The van der Waals surface area contributed by atoms with Gasteiger partial charge in [0, 0.05) is 37.6 Å². The zero-order valence-corrected chi connectivity index (χ0v) is 10.5. The van der Waals surface area contributed by atoms with Crippen LogP contribution in [-0.4, -0.2) is 35.4 Å². The number of nitrogens with one attached hydrogen (secondary N) is 1. The molecule has 16 heavy (non-hydrogen) atoms. The van der Waals surface area contributed by atoms with Gasteiger partial charge in [0.05, 0.1) is 6.04 Å². The SMILES string of the molecule is CCc1cnc(C2CNCCN2C(C)=O)s1. The van der Waals surface area contributed by atoms with Crippen LogP contribution in [0.2, 0.25) is 0 Å². The Morgan fingerprint density at radius 2 is 2.56 bits per heavy atom. The maximum absolute atomic E-state index is 11.5. The van der Waals surface area contributed by atoms with E-state index in [2.05, 4.69) is 17.2 Å². The van der Waals surface area contributed by atoms with Crippen molar-refractivity contribution in [2.24, 2.45) is 0 Å². The third-order valence-corrected chi connectivity index (χ3v) is 4.10. The largest absolute Gasteiger partial charge is 0.331 e. The molecular weight excluding hydrogens is 222 g/mol. The summed E-state index contributed by atoms with van der Waals surface area (Å²) in [5.74, 6) is 0.139. The molecule has 4 nitrogen and oxygen atoms in total. The average Bonchev–Trinajstić information content (AvgIpc) is 2.77. The number of amides is 1. The molecule has 1 saturated heterocycles. The molecule has 1 aliphatic heterocycles. The number of aromatic nitrogens is 1. The zero-order valence-electron chi connectivity index (χ0n) is 9.69. The molecule has 1 N–H and O–H groups in total. The summed E-state index contributed by atoms with van der Waals surface area (Å²) in [5.41, 5.74) is 0. The van der Waals surface area contributed by atoms with Gasteiger partial charge < -0.3 is 10.2 Å². The van der Waals surface area contributed by atoms with Crippen molar-refractivity contribution in [2.75, 3.05) is 19.6 Å². The molecule has 5 heteroatoms. The van der Waals surface area contributed by atoms with Crippen molar-refractivity contribution in [3.05, 3.63) is 16.1 Å². The van der Waals surface area contributed by atoms with E-state index in [9.17, 15) is 4.79 Å². The molecule has 1 aromatic heterocycles. The highest BCUT2D eigenvalue weighted by Crippen LogP contribution is 2.26. The lowest BCUT2D eigenvalue weighted by molar-refractivity contribution is -0.132. The molecule has 1 unspecified atom stereocenters. The monoisotopic (exact) mass is 239 g/mol. The third kappa shape index (κ3) is 2.25. The summed E-state index contributed by atoms with van der Waals surface area (Å²) in [4.78, 5) is 19.2. The first kappa shape index (κ1) is 11.5. The van der Waals surface area contributed by atoms with Gasteiger partial charge >= 0.3 is 0 Å². The number of hydrogen-bond donors (Lipinski definition) is 1. The van der Waals surface area contributed by atoms with E-state index in [0.29, 0.717) is 0 Å². The van der Waals surface area contributed by atoms with E-state index >= 15 is 0 Å². The van der Waals surface area contributed by atoms with Gasteiger partial charge in [0.25, 0.3) is 0 Å². The highest BCUT2D eigenvalue weighted by molar-refractivity contribution is 7.11. The first-order valence-electron chi connectivity index (χ1n) is 5.65. The molecule has 0 bridgehead atoms. The number of piperazine rings is 1. The van der Waals surface area contributed by atoms with Gasteiger partial charge in [-0.15, -0.1) is 11.3 Å². The van der Waals surface area contributed by atoms with Gasteiger partial charge in [0.2, 0.25) is 5.91 Å². The molecule has 0 spiro atoms. The molecule has 0 saturated carbocycles. The summed E-state index contributed by atoms with van der Waals surface area (Å²) < 4.78 is 0. The van der Waals surface area contributed by atoms with Crippen LogP contribution in [0.5, 0.6) is 0 Å². The Labute approximate surface area is 99.7 Å². The van der Waals surface area contributed by atoms with Crippen LogP contribution in [0.25, 0.3) is 0 Å². The van der Waals surface area contributed by atoms with Gasteiger partial charge in [0.1, 0.15) is 5.01 Å². The molecule has 1 aromatic rings. The minimum absolute atomic E-state index is 0.122. The highest BCUT2D eigenvalue weighted by atomic mass is 32.1. The highest BCUT2D eigenvalue weighted by Gasteiger charge is 2.27. The minimum atomic E-state index is 0.122. The van der Waals surface area contributed by atoms with Gasteiger partial charge in [-0.1, -0.05) is 6.92 Å². The molecule has 0 radical (unpaired) electrons. The van der Waals surface area contributed by atoms with Gasteiger partial charge in [-0.3, -0.25) is 4.79 Å². The Morgan fingerprint density at radius 3 is 3.19 bits per heavy atom. The minimum Gasteiger partial charge on any atom is -0.331 e. The van der Waals surface area contributed by atoms with E-state index in [1.54, 1.807) is 18.3 Å². The maximum atomic E-state index is 11.5. The van der Waals surface area contributed by atoms with Crippen molar-refractivity contribution in [1.82, 2.24) is 15.2 Å². The lowest BCUT2D eigenvalue weighted by atomic mass is 10.2. The standard InChI is InChI=1S/C11H17N3OS/c1-3-9-6-13-11(16-9)10-7-12-4-5-14(10)8(2)15/h6,10,12H,3-5,7H2,1-2H3. The van der Waals surface area contributed by atoms with Crippen LogP contribution < -0.4 is 5.32 Å². The fourth-order valence-electron chi connectivity index (χ4n) is 1.94. The van der Waals surface area contributed by atoms with E-state index < -0.39 is 0 Å². The Hall–Kier alpha value is -0.940. The molecule has 2 heterocycles. The van der Waals surface area contributed by atoms with Crippen LogP contribution in [0.1, 0.15) is 29.8 Å². The predicted octanol–water partition coefficient (Wildman–Crippen LogP) is 1.20. The summed E-state index contributed by atoms with van der Waals surface area (Å²) in [7, 11) is 0. The van der Waals surface area contributed by atoms with Crippen LogP contribution in [-0.2, 0) is 11.2 Å². The summed E-state index contributed by atoms with van der Waals surface area (Å²) >= 11 is 1.72. The Balaban J connectivity index is 2.19. The summed E-state index contributed by atoms with van der Waals surface area (Å²) in [6, 6.07) is 0.122. The number of hydrogen-bond acceptors (Lipinski definition) is 4. The van der Waals surface area contributed by atoms with E-state index in [1.165, 1.54) is 4.88 Å². The van der Waals surface area contributed by atoms with Crippen LogP contribution >= 0.6 is 11.3 Å². The number of nitrogens with zero attached hydrogens (tertiary/aromatic N) is 2. The van der Waals surface area contributed by atoms with Crippen LogP contribution in [0.15, 0.2) is 6.20 Å². The summed E-state index contributed by atoms with van der Waals surface area (Å²) in [6.45, 7) is 6.23. The topological polar surface area (TPSA) is 45.2 Å². The van der Waals surface area contributed by atoms with Crippen molar-refractivity contribution in [2.45, 2.75) is 26.3 Å². The Morgan fingerprint density at radius 1 is 1.75 bits per heavy atom. The third-order valence-electron chi connectivity index (χ3n) is 2.85. The first-order chi connectivity index (χ1) is 7.72. The molecule has 88 valence electrons. The van der Waals surface area contributed by atoms with Crippen LogP contribution in [0.3, 0.4) is 0 Å². The molecule has 1 aliphatic rings. The smallest absolute Gasteiger partial charge is 0.220 e. The predicted molar refractivity (Wildman–Crippen MR) is 64.5 cm³/mol. The molecule has 1 fully saturated rings. The average molecular weight is 239 g/mol. The van der Waals surface area contributed by atoms with E-state index in [0.717, 1.165) is 31.1 Å². The number of carbonyl (C=O) groups excluding carboxylic acids is 1. The van der Waals surface area contributed by atoms with Crippen LogP contribution in [0, 0.1) is 0 Å². The van der Waals surface area contributed by atoms with E-state index in [4.69, 9.17) is 0 Å². The molecule has 1 atom stereocenters. The van der Waals surface area contributed by atoms with E-state index in [1.807, 2.05) is 11.1 Å². The second kappa shape index (κ2) is 4.93. The van der Waals surface area contributed by atoms with Gasteiger partial charge in [0.15, 0.2) is 0 Å².